The lowest BCUT2D eigenvalue weighted by Crippen LogP contribution is -1.93. The highest BCUT2D eigenvalue weighted by atomic mass is 35.5. The number of benzene rings is 3. The number of aromatic hydroxyl groups is 1. The molecule has 3 N–H and O–H groups in total. The van der Waals surface area contributed by atoms with Gasteiger partial charge in [-0.25, -0.2) is 4.98 Å². The quantitative estimate of drug-likeness (QED) is 0.364. The highest BCUT2D eigenvalue weighted by Crippen LogP contribution is 2.32. The molecule has 0 aliphatic carbocycles. The molecule has 25 heavy (non-hydrogen) atoms. The average molecular weight is 355 g/mol. The van der Waals surface area contributed by atoms with Crippen molar-refractivity contribution in [1.29, 1.82) is 0 Å². The molecule has 1 aromatic heterocycles. The second-order valence-electron chi connectivity index (χ2n) is 5.50. The molecule has 0 amide bonds. The number of anilines is 2. The van der Waals surface area contributed by atoms with E-state index in [1.165, 1.54) is 12.1 Å². The zero-order valence-corrected chi connectivity index (χ0v) is 13.4. The molecular formula is C17H11ClN4O3. The highest BCUT2D eigenvalue weighted by Gasteiger charge is 2.16. The minimum atomic E-state index is -0.538. The zero-order chi connectivity index (χ0) is 17.6. The molecule has 4 aromatic rings. The van der Waals surface area contributed by atoms with Crippen LogP contribution in [0.25, 0.3) is 21.8 Å². The van der Waals surface area contributed by atoms with Crippen LogP contribution in [0.5, 0.6) is 5.75 Å². The molecule has 0 fully saturated rings. The van der Waals surface area contributed by atoms with Crippen LogP contribution in [0.15, 0.2) is 48.5 Å². The number of hydrogen-bond acceptors (Lipinski definition) is 5. The van der Waals surface area contributed by atoms with Crippen LogP contribution < -0.4 is 5.32 Å². The average Bonchev–Trinajstić information content (AvgIpc) is 2.95. The molecule has 0 saturated carbocycles. The molecule has 0 radical (unpaired) electrons. The molecule has 0 saturated heterocycles. The van der Waals surface area contributed by atoms with Crippen LogP contribution in [0.3, 0.4) is 0 Å². The Kier molecular flexibility index (Phi) is 3.43. The standard InChI is InChI=1S/C17H11ClN4O3/c18-12-7-14-15(8-16(12)22(24)25)21-17(20-14)19-13-3-1-2-9-4-5-10(23)6-11(9)13/h1-8,23H,(H2,19,20,21). The number of nitrogens with zero attached hydrogens (tertiary/aromatic N) is 2. The molecule has 0 bridgehead atoms. The topological polar surface area (TPSA) is 104 Å². The fourth-order valence-electron chi connectivity index (χ4n) is 2.72. The van der Waals surface area contributed by atoms with E-state index in [0.717, 1.165) is 16.5 Å². The third-order valence-electron chi connectivity index (χ3n) is 3.87. The van der Waals surface area contributed by atoms with Gasteiger partial charge < -0.3 is 15.4 Å². The normalized spacial score (nSPS) is 11.1. The molecule has 0 atom stereocenters. The van der Waals surface area contributed by atoms with E-state index in [0.29, 0.717) is 17.0 Å². The van der Waals surface area contributed by atoms with Gasteiger partial charge in [0, 0.05) is 17.1 Å². The van der Waals surface area contributed by atoms with Crippen molar-refractivity contribution in [2.24, 2.45) is 0 Å². The number of nitrogens with one attached hydrogen (secondary N) is 2. The van der Waals surface area contributed by atoms with Crippen molar-refractivity contribution in [3.05, 3.63) is 63.7 Å². The van der Waals surface area contributed by atoms with Gasteiger partial charge in [-0.2, -0.15) is 0 Å². The molecule has 7 nitrogen and oxygen atoms in total. The van der Waals surface area contributed by atoms with Crippen LogP contribution in [-0.2, 0) is 0 Å². The van der Waals surface area contributed by atoms with Crippen LogP contribution in [0, 0.1) is 10.1 Å². The molecule has 0 aliphatic rings. The molecule has 3 aromatic carbocycles. The van der Waals surface area contributed by atoms with Crippen LogP contribution in [-0.4, -0.2) is 20.0 Å². The number of phenolic OH excluding ortho intramolecular Hbond substituents is 1. The second-order valence-corrected chi connectivity index (χ2v) is 5.91. The van der Waals surface area contributed by atoms with Crippen molar-refractivity contribution in [2.45, 2.75) is 0 Å². The van der Waals surface area contributed by atoms with Crippen molar-refractivity contribution in [3.8, 4) is 5.75 Å². The summed E-state index contributed by atoms with van der Waals surface area (Å²) in [6, 6.07) is 13.6. The number of imidazole rings is 1. The molecule has 0 spiro atoms. The Morgan fingerprint density at radius 2 is 2.04 bits per heavy atom. The first-order valence-electron chi connectivity index (χ1n) is 7.34. The number of halogens is 1. The molecule has 1 heterocycles. The highest BCUT2D eigenvalue weighted by molar-refractivity contribution is 6.33. The Balaban J connectivity index is 1.79. The van der Waals surface area contributed by atoms with E-state index in [1.54, 1.807) is 12.1 Å². The van der Waals surface area contributed by atoms with Gasteiger partial charge in [-0.1, -0.05) is 29.8 Å². The van der Waals surface area contributed by atoms with E-state index < -0.39 is 4.92 Å². The van der Waals surface area contributed by atoms with Gasteiger partial charge in [0.2, 0.25) is 5.95 Å². The molecule has 124 valence electrons. The van der Waals surface area contributed by atoms with Crippen molar-refractivity contribution < 1.29 is 10.0 Å². The van der Waals surface area contributed by atoms with Gasteiger partial charge in [0.25, 0.3) is 5.69 Å². The number of rotatable bonds is 3. The van der Waals surface area contributed by atoms with Gasteiger partial charge in [0.05, 0.1) is 16.0 Å². The van der Waals surface area contributed by atoms with Crippen molar-refractivity contribution in [3.63, 3.8) is 0 Å². The number of nitro groups is 1. The smallest absolute Gasteiger partial charge is 0.290 e. The Bertz CT molecular complexity index is 1140. The third-order valence-corrected chi connectivity index (χ3v) is 4.17. The Morgan fingerprint density at radius 3 is 2.84 bits per heavy atom. The summed E-state index contributed by atoms with van der Waals surface area (Å²) in [5, 5.41) is 25.7. The van der Waals surface area contributed by atoms with Crippen LogP contribution >= 0.6 is 11.6 Å². The Morgan fingerprint density at radius 1 is 1.20 bits per heavy atom. The van der Waals surface area contributed by atoms with Crippen LogP contribution in [0.2, 0.25) is 5.02 Å². The molecule has 8 heteroatoms. The summed E-state index contributed by atoms with van der Waals surface area (Å²) in [5.74, 6) is 0.580. The summed E-state index contributed by atoms with van der Waals surface area (Å²) in [7, 11) is 0. The maximum Gasteiger partial charge on any atom is 0.290 e. The number of nitro benzene ring substituents is 1. The largest absolute Gasteiger partial charge is 0.508 e. The number of hydrogen-bond donors (Lipinski definition) is 3. The van der Waals surface area contributed by atoms with Crippen LogP contribution in [0.4, 0.5) is 17.3 Å². The maximum atomic E-state index is 11.0. The van der Waals surface area contributed by atoms with Gasteiger partial charge in [-0.3, -0.25) is 10.1 Å². The van der Waals surface area contributed by atoms with E-state index in [-0.39, 0.29) is 16.5 Å². The summed E-state index contributed by atoms with van der Waals surface area (Å²) in [5.41, 5.74) is 1.58. The number of aromatic nitrogens is 2. The van der Waals surface area contributed by atoms with Crippen LogP contribution in [0.1, 0.15) is 0 Å². The maximum absolute atomic E-state index is 11.0. The van der Waals surface area contributed by atoms with Crippen molar-refractivity contribution in [2.75, 3.05) is 5.32 Å². The van der Waals surface area contributed by atoms with Gasteiger partial charge in [0.15, 0.2) is 0 Å². The number of fused-ring (bicyclic) bond motifs is 2. The first kappa shape index (κ1) is 15.2. The van der Waals surface area contributed by atoms with E-state index in [2.05, 4.69) is 15.3 Å². The minimum Gasteiger partial charge on any atom is -0.508 e. The Hall–Kier alpha value is -3.32. The number of phenols is 1. The zero-order valence-electron chi connectivity index (χ0n) is 12.7. The van der Waals surface area contributed by atoms with E-state index >= 15 is 0 Å². The fraction of sp³-hybridized carbons (Fsp3) is 0. The predicted molar refractivity (Wildman–Crippen MR) is 96.7 cm³/mol. The minimum absolute atomic E-state index is 0.0330. The molecular weight excluding hydrogens is 344 g/mol. The second kappa shape index (κ2) is 5.64. The first-order valence-corrected chi connectivity index (χ1v) is 7.71. The lowest BCUT2D eigenvalue weighted by Gasteiger charge is -2.07. The lowest BCUT2D eigenvalue weighted by molar-refractivity contribution is -0.384. The number of H-pyrrole nitrogens is 1. The summed E-state index contributed by atoms with van der Waals surface area (Å²) >= 11 is 5.92. The monoisotopic (exact) mass is 354 g/mol. The van der Waals surface area contributed by atoms with E-state index in [9.17, 15) is 15.2 Å². The SMILES string of the molecule is O=[N+]([O-])c1cc2[nH]c(Nc3cccc4ccc(O)cc34)nc2cc1Cl. The lowest BCUT2D eigenvalue weighted by atomic mass is 10.1. The summed E-state index contributed by atoms with van der Waals surface area (Å²) in [4.78, 5) is 17.8. The van der Waals surface area contributed by atoms with Gasteiger partial charge in [0.1, 0.15) is 10.8 Å². The predicted octanol–water partition coefficient (Wildman–Crippen LogP) is 4.73. The van der Waals surface area contributed by atoms with Gasteiger partial charge in [-0.05, 0) is 29.7 Å². The van der Waals surface area contributed by atoms with Crippen molar-refractivity contribution >= 4 is 50.7 Å². The third kappa shape index (κ3) is 2.70. The molecule has 0 aliphatic heterocycles. The Labute approximate surface area is 146 Å². The fourth-order valence-corrected chi connectivity index (χ4v) is 2.94. The van der Waals surface area contributed by atoms with Crippen molar-refractivity contribution in [1.82, 2.24) is 9.97 Å². The summed E-state index contributed by atoms with van der Waals surface area (Å²) in [6.45, 7) is 0. The molecule has 0 unspecified atom stereocenters. The molecule has 4 rings (SSSR count). The summed E-state index contributed by atoms with van der Waals surface area (Å²) in [6.07, 6.45) is 0. The van der Waals surface area contributed by atoms with E-state index in [4.69, 9.17) is 11.6 Å². The van der Waals surface area contributed by atoms with Gasteiger partial charge >= 0.3 is 0 Å². The number of aromatic amines is 1. The van der Waals surface area contributed by atoms with Gasteiger partial charge in [-0.15, -0.1) is 0 Å². The first-order chi connectivity index (χ1) is 12.0. The summed E-state index contributed by atoms with van der Waals surface area (Å²) < 4.78 is 0. The van der Waals surface area contributed by atoms with E-state index in [1.807, 2.05) is 24.3 Å².